The van der Waals surface area contributed by atoms with Gasteiger partial charge in [-0.05, 0) is 51.1 Å². The normalized spacial score (nSPS) is 10.7. The molecule has 3 rings (SSSR count). The number of carbonyl (C=O) groups excluding carboxylic acids is 2. The molecule has 2 amide bonds. The molecule has 2 aromatic carbocycles. The molecule has 0 radical (unpaired) electrons. The number of amides is 2. The second-order valence-corrected chi connectivity index (χ2v) is 7.85. The summed E-state index contributed by atoms with van der Waals surface area (Å²) < 4.78 is 17.8. The van der Waals surface area contributed by atoms with Crippen molar-refractivity contribution in [1.29, 1.82) is 0 Å². The van der Waals surface area contributed by atoms with Gasteiger partial charge in [0.1, 0.15) is 5.58 Å². The summed E-state index contributed by atoms with van der Waals surface area (Å²) in [6.07, 6.45) is 0. The molecule has 0 unspecified atom stereocenters. The number of aryl methyl sites for hydroxylation is 1. The average molecular weight is 489 g/mol. The van der Waals surface area contributed by atoms with Crippen LogP contribution in [0.4, 0.5) is 5.69 Å². The van der Waals surface area contributed by atoms with Gasteiger partial charge in [-0.2, -0.15) is 0 Å². The van der Waals surface area contributed by atoms with E-state index in [2.05, 4.69) is 21.2 Å². The summed E-state index contributed by atoms with van der Waals surface area (Å²) in [7, 11) is 1.56. The van der Waals surface area contributed by atoms with Crippen molar-refractivity contribution in [3.05, 3.63) is 52.2 Å². The Morgan fingerprint density at radius 1 is 1.06 bits per heavy atom. The number of carbonyl (C=O) groups is 2. The quantitative estimate of drug-likeness (QED) is 0.481. The summed E-state index contributed by atoms with van der Waals surface area (Å²) in [5.41, 5.74) is 1.92. The summed E-state index contributed by atoms with van der Waals surface area (Å²) >= 11 is 3.43. The van der Waals surface area contributed by atoms with Crippen LogP contribution in [0.3, 0.4) is 0 Å². The van der Waals surface area contributed by atoms with Crippen molar-refractivity contribution in [1.82, 2.24) is 4.90 Å². The summed E-state index contributed by atoms with van der Waals surface area (Å²) in [4.78, 5) is 26.7. The Bertz CT molecular complexity index is 1110. The number of ether oxygens (including phenoxy) is 2. The van der Waals surface area contributed by atoms with Crippen LogP contribution in [0.5, 0.6) is 11.5 Å². The maximum absolute atomic E-state index is 12.9. The fourth-order valence-corrected chi connectivity index (χ4v) is 3.55. The van der Waals surface area contributed by atoms with Gasteiger partial charge in [-0.15, -0.1) is 0 Å². The van der Waals surface area contributed by atoms with Gasteiger partial charge in [0, 0.05) is 34.2 Å². The van der Waals surface area contributed by atoms with Crippen molar-refractivity contribution >= 4 is 44.4 Å². The predicted molar refractivity (Wildman–Crippen MR) is 123 cm³/mol. The first-order valence-electron chi connectivity index (χ1n) is 9.97. The molecule has 0 atom stereocenters. The first kappa shape index (κ1) is 22.7. The maximum Gasteiger partial charge on any atom is 0.290 e. The Kier molecular flexibility index (Phi) is 7.22. The van der Waals surface area contributed by atoms with Gasteiger partial charge in [0.05, 0.1) is 19.8 Å². The second kappa shape index (κ2) is 9.87. The van der Waals surface area contributed by atoms with Gasteiger partial charge >= 0.3 is 0 Å². The van der Waals surface area contributed by atoms with Crippen LogP contribution in [0.25, 0.3) is 11.0 Å². The van der Waals surface area contributed by atoms with Gasteiger partial charge in [-0.3, -0.25) is 9.59 Å². The monoisotopic (exact) mass is 488 g/mol. The van der Waals surface area contributed by atoms with Crippen LogP contribution in [0.1, 0.15) is 30.0 Å². The van der Waals surface area contributed by atoms with E-state index in [1.54, 1.807) is 31.3 Å². The molecular weight excluding hydrogens is 464 g/mol. The molecule has 1 aromatic heterocycles. The lowest BCUT2D eigenvalue weighted by molar-refractivity contribution is -0.116. The number of fused-ring (bicyclic) bond motifs is 1. The Morgan fingerprint density at radius 3 is 2.48 bits per heavy atom. The molecule has 3 aromatic rings. The lowest BCUT2D eigenvalue weighted by Gasteiger charge is -2.17. The summed E-state index contributed by atoms with van der Waals surface area (Å²) in [6, 6.07) is 10.7. The minimum absolute atomic E-state index is 0.129. The van der Waals surface area contributed by atoms with E-state index < -0.39 is 0 Å². The Hall–Kier alpha value is -3.00. The smallest absolute Gasteiger partial charge is 0.290 e. The molecule has 0 fully saturated rings. The molecular formula is C23H25BrN2O5. The number of rotatable bonds is 8. The number of likely N-dealkylation sites (N-methyl/N-ethyl adjacent to an activating group) is 1. The fraction of sp³-hybridized carbons (Fsp3) is 0.304. The van der Waals surface area contributed by atoms with E-state index in [1.165, 1.54) is 4.90 Å². The largest absolute Gasteiger partial charge is 0.490 e. The second-order valence-electron chi connectivity index (χ2n) is 6.93. The van der Waals surface area contributed by atoms with E-state index >= 15 is 0 Å². The van der Waals surface area contributed by atoms with Crippen molar-refractivity contribution in [3.8, 4) is 11.5 Å². The third-order valence-electron chi connectivity index (χ3n) is 4.65. The molecule has 0 spiro atoms. The summed E-state index contributed by atoms with van der Waals surface area (Å²) in [5, 5.41) is 3.65. The molecule has 164 valence electrons. The van der Waals surface area contributed by atoms with Gasteiger partial charge in [-0.25, -0.2) is 0 Å². The molecule has 0 saturated heterocycles. The zero-order chi connectivity index (χ0) is 22.5. The minimum atomic E-state index is -0.360. The van der Waals surface area contributed by atoms with Crippen LogP contribution in [0.15, 0.2) is 45.3 Å². The highest BCUT2D eigenvalue weighted by atomic mass is 79.9. The van der Waals surface area contributed by atoms with Gasteiger partial charge in [0.15, 0.2) is 17.3 Å². The van der Waals surface area contributed by atoms with Crippen molar-refractivity contribution in [2.45, 2.75) is 20.8 Å². The topological polar surface area (TPSA) is 81.0 Å². The van der Waals surface area contributed by atoms with E-state index in [0.717, 1.165) is 15.4 Å². The lowest BCUT2D eigenvalue weighted by atomic mass is 10.1. The molecule has 1 heterocycles. The Balaban J connectivity index is 1.70. The SMILES string of the molecule is CCOc1ccc(NC(=O)CN(C)C(=O)c2oc3ccc(Br)cc3c2C)cc1OCC. The third-order valence-corrected chi connectivity index (χ3v) is 5.14. The van der Waals surface area contributed by atoms with Gasteiger partial charge in [-0.1, -0.05) is 15.9 Å². The first-order chi connectivity index (χ1) is 14.8. The molecule has 8 heteroatoms. The fourth-order valence-electron chi connectivity index (χ4n) is 3.19. The molecule has 0 aliphatic heterocycles. The van der Waals surface area contributed by atoms with E-state index in [1.807, 2.05) is 32.9 Å². The molecule has 31 heavy (non-hydrogen) atoms. The Labute approximate surface area is 189 Å². The molecule has 7 nitrogen and oxygen atoms in total. The first-order valence-corrected chi connectivity index (χ1v) is 10.8. The van der Waals surface area contributed by atoms with Crippen LogP contribution in [0, 0.1) is 6.92 Å². The van der Waals surface area contributed by atoms with Gasteiger partial charge in [0.25, 0.3) is 5.91 Å². The zero-order valence-corrected chi connectivity index (χ0v) is 19.5. The Morgan fingerprint density at radius 2 is 1.77 bits per heavy atom. The van der Waals surface area contributed by atoms with Gasteiger partial charge in [0.2, 0.25) is 5.91 Å². The van der Waals surface area contributed by atoms with Crippen molar-refractivity contribution in [3.63, 3.8) is 0 Å². The number of anilines is 1. The number of halogens is 1. The van der Waals surface area contributed by atoms with Crippen LogP contribution in [-0.2, 0) is 4.79 Å². The molecule has 0 aliphatic carbocycles. The van der Waals surface area contributed by atoms with Crippen molar-refractivity contribution in [2.24, 2.45) is 0 Å². The number of furan rings is 1. The zero-order valence-electron chi connectivity index (χ0n) is 18.0. The minimum Gasteiger partial charge on any atom is -0.490 e. The molecule has 1 N–H and O–H groups in total. The van der Waals surface area contributed by atoms with Crippen molar-refractivity contribution < 1.29 is 23.5 Å². The average Bonchev–Trinajstić information content (AvgIpc) is 3.05. The van der Waals surface area contributed by atoms with Crippen LogP contribution in [-0.4, -0.2) is 43.5 Å². The standard InChI is InChI=1S/C23H25BrN2O5/c1-5-29-19-10-8-16(12-20(19)30-6-2)25-21(27)13-26(4)23(28)22-14(3)17-11-15(24)7-9-18(17)31-22/h7-12H,5-6,13H2,1-4H3,(H,25,27). The van der Waals surface area contributed by atoms with E-state index in [0.29, 0.717) is 36.0 Å². The van der Waals surface area contributed by atoms with Gasteiger partial charge < -0.3 is 24.1 Å². The molecule has 0 saturated carbocycles. The summed E-state index contributed by atoms with van der Waals surface area (Å²) in [6.45, 7) is 6.45. The number of benzene rings is 2. The number of nitrogens with zero attached hydrogens (tertiary/aromatic N) is 1. The molecule has 0 aliphatic rings. The number of nitrogens with one attached hydrogen (secondary N) is 1. The highest BCUT2D eigenvalue weighted by Gasteiger charge is 2.23. The predicted octanol–water partition coefficient (Wildman–Crippen LogP) is 5.01. The van der Waals surface area contributed by atoms with E-state index in [-0.39, 0.29) is 24.1 Å². The van der Waals surface area contributed by atoms with Crippen LogP contribution in [0.2, 0.25) is 0 Å². The van der Waals surface area contributed by atoms with E-state index in [9.17, 15) is 9.59 Å². The van der Waals surface area contributed by atoms with Crippen LogP contribution >= 0.6 is 15.9 Å². The third kappa shape index (κ3) is 5.19. The van der Waals surface area contributed by atoms with E-state index in [4.69, 9.17) is 13.9 Å². The highest BCUT2D eigenvalue weighted by Crippen LogP contribution is 2.31. The highest BCUT2D eigenvalue weighted by molar-refractivity contribution is 9.10. The number of hydrogen-bond donors (Lipinski definition) is 1. The van der Waals surface area contributed by atoms with Crippen molar-refractivity contribution in [2.75, 3.05) is 32.1 Å². The number of hydrogen-bond acceptors (Lipinski definition) is 5. The maximum atomic E-state index is 12.9. The van der Waals surface area contributed by atoms with Crippen LogP contribution < -0.4 is 14.8 Å². The molecule has 0 bridgehead atoms. The lowest BCUT2D eigenvalue weighted by Crippen LogP contribution is -2.35. The summed E-state index contributed by atoms with van der Waals surface area (Å²) in [5.74, 6) is 0.695.